The van der Waals surface area contributed by atoms with E-state index in [0.29, 0.717) is 0 Å². The molecule has 23 heavy (non-hydrogen) atoms. The van der Waals surface area contributed by atoms with Gasteiger partial charge in [-0.2, -0.15) is 0 Å². The van der Waals surface area contributed by atoms with E-state index >= 15 is 0 Å². The summed E-state index contributed by atoms with van der Waals surface area (Å²) in [6.07, 6.45) is 0.958. The van der Waals surface area contributed by atoms with Gasteiger partial charge in [0, 0.05) is 19.8 Å². The lowest BCUT2D eigenvalue weighted by Gasteiger charge is -2.21. The molecule has 0 saturated carbocycles. The first kappa shape index (κ1) is 15.2. The molecular weight excluding hydrogens is 288 g/mol. The summed E-state index contributed by atoms with van der Waals surface area (Å²) in [5.74, 6) is 0. The largest absolute Gasteiger partial charge is 0.386 e. The van der Waals surface area contributed by atoms with Crippen molar-refractivity contribution in [1.82, 2.24) is 15.0 Å². The van der Waals surface area contributed by atoms with Gasteiger partial charge in [0.1, 0.15) is 17.7 Å². The van der Waals surface area contributed by atoms with Crippen LogP contribution in [0.3, 0.4) is 0 Å². The summed E-state index contributed by atoms with van der Waals surface area (Å²) in [5.41, 5.74) is 3.58. The van der Waals surface area contributed by atoms with Crippen molar-refractivity contribution in [2.24, 2.45) is 0 Å². The fourth-order valence-electron chi connectivity index (χ4n) is 2.64. The first-order valence-corrected chi connectivity index (χ1v) is 7.49. The highest BCUT2D eigenvalue weighted by Crippen LogP contribution is 2.30. The van der Waals surface area contributed by atoms with E-state index in [1.165, 1.54) is 0 Å². The quantitative estimate of drug-likeness (QED) is 0.736. The molecule has 2 aromatic carbocycles. The fraction of sp³-hybridized carbons (Fsp3) is 0.222. The monoisotopic (exact) mass is 308 g/mol. The molecule has 5 nitrogen and oxygen atoms in total. The molecule has 5 heteroatoms. The van der Waals surface area contributed by atoms with E-state index in [1.807, 2.05) is 67.5 Å². The summed E-state index contributed by atoms with van der Waals surface area (Å²) < 4.78 is 1.72. The predicted octanol–water partition coefficient (Wildman–Crippen LogP) is 2.96. The molecule has 0 saturated heterocycles. The van der Waals surface area contributed by atoms with E-state index in [2.05, 4.69) is 16.9 Å². The van der Waals surface area contributed by atoms with Gasteiger partial charge in [0.25, 0.3) is 0 Å². The number of anilines is 1. The van der Waals surface area contributed by atoms with Crippen LogP contribution < -0.4 is 4.90 Å². The average molecular weight is 308 g/mol. The Bertz CT molecular complexity index is 807. The second-order valence-corrected chi connectivity index (χ2v) is 5.68. The van der Waals surface area contributed by atoms with Gasteiger partial charge < -0.3 is 10.0 Å². The number of aliphatic hydroxyl groups is 1. The van der Waals surface area contributed by atoms with E-state index < -0.39 is 6.10 Å². The second-order valence-electron chi connectivity index (χ2n) is 5.68. The lowest BCUT2D eigenvalue weighted by atomic mass is 10.0. The number of fused-ring (bicyclic) bond motifs is 1. The Morgan fingerprint density at radius 2 is 1.83 bits per heavy atom. The molecule has 1 heterocycles. The third-order valence-electron chi connectivity index (χ3n) is 3.98. The van der Waals surface area contributed by atoms with Crippen molar-refractivity contribution in [2.75, 3.05) is 19.0 Å². The van der Waals surface area contributed by atoms with Gasteiger partial charge >= 0.3 is 0 Å². The zero-order valence-electron chi connectivity index (χ0n) is 13.3. The minimum Gasteiger partial charge on any atom is -0.386 e. The molecule has 0 spiro atoms. The van der Waals surface area contributed by atoms with Crippen molar-refractivity contribution in [3.8, 4) is 0 Å². The molecule has 1 aromatic heterocycles. The van der Waals surface area contributed by atoms with Gasteiger partial charge in [-0.1, -0.05) is 35.6 Å². The Balaban J connectivity index is 1.95. The predicted molar refractivity (Wildman–Crippen MR) is 92.5 cm³/mol. The topological polar surface area (TPSA) is 54.2 Å². The maximum Gasteiger partial charge on any atom is 0.113 e. The molecule has 3 aromatic rings. The molecule has 0 aliphatic heterocycles. The van der Waals surface area contributed by atoms with Gasteiger partial charge in [0.2, 0.25) is 0 Å². The van der Waals surface area contributed by atoms with E-state index in [1.54, 1.807) is 10.8 Å². The van der Waals surface area contributed by atoms with Crippen molar-refractivity contribution in [3.05, 3.63) is 66.7 Å². The minimum absolute atomic E-state index is 0.382. The van der Waals surface area contributed by atoms with E-state index in [4.69, 9.17) is 0 Å². The van der Waals surface area contributed by atoms with Crippen molar-refractivity contribution < 1.29 is 5.11 Å². The third kappa shape index (κ3) is 2.83. The Morgan fingerprint density at radius 1 is 1.13 bits per heavy atom. The van der Waals surface area contributed by atoms with Crippen molar-refractivity contribution in [1.29, 1.82) is 0 Å². The Morgan fingerprint density at radius 3 is 2.48 bits per heavy atom. The zero-order chi connectivity index (χ0) is 16.4. The Hall–Kier alpha value is -2.66. The zero-order valence-corrected chi connectivity index (χ0v) is 13.3. The number of hydrogen-bond donors (Lipinski definition) is 1. The van der Waals surface area contributed by atoms with Crippen LogP contribution >= 0.6 is 0 Å². The summed E-state index contributed by atoms with van der Waals surface area (Å²) in [7, 11) is 3.97. The van der Waals surface area contributed by atoms with Crippen LogP contribution in [0.5, 0.6) is 0 Å². The molecule has 0 bridgehead atoms. The summed E-state index contributed by atoms with van der Waals surface area (Å²) in [5, 5.41) is 19.1. The molecule has 0 aliphatic rings. The molecule has 1 N–H and O–H groups in total. The number of aliphatic hydroxyl groups excluding tert-OH is 1. The molecule has 3 rings (SSSR count). The van der Waals surface area contributed by atoms with Crippen LogP contribution in [0, 0.1) is 0 Å². The van der Waals surface area contributed by atoms with Crippen molar-refractivity contribution in [3.63, 3.8) is 0 Å². The summed E-state index contributed by atoms with van der Waals surface area (Å²) >= 11 is 0. The summed E-state index contributed by atoms with van der Waals surface area (Å²) in [4.78, 5) is 2.02. The Labute approximate surface area is 135 Å². The van der Waals surface area contributed by atoms with Crippen molar-refractivity contribution >= 4 is 16.7 Å². The summed E-state index contributed by atoms with van der Waals surface area (Å²) in [6.45, 7) is 3.86. The highest BCUT2D eigenvalue weighted by atomic mass is 16.3. The number of benzene rings is 2. The highest BCUT2D eigenvalue weighted by molar-refractivity contribution is 5.74. The molecule has 0 fully saturated rings. The number of rotatable bonds is 5. The van der Waals surface area contributed by atoms with Gasteiger partial charge in [0.05, 0.1) is 5.52 Å². The molecule has 0 aliphatic carbocycles. The number of aromatic nitrogens is 3. The van der Waals surface area contributed by atoms with Gasteiger partial charge in [-0.15, -0.1) is 11.7 Å². The number of para-hydroxylation sites is 1. The standard InChI is InChI=1S/C18H20N4O/c1-4-16(22-17-8-6-5-7-15(17)19-20-22)18(23)13-9-11-14(12-10-13)21(2)3/h4-12,16,18,23H,1H2,2-3H3. The fourth-order valence-corrected chi connectivity index (χ4v) is 2.64. The molecule has 0 amide bonds. The van der Waals surface area contributed by atoms with E-state index in [-0.39, 0.29) is 6.04 Å². The van der Waals surface area contributed by atoms with E-state index in [0.717, 1.165) is 22.3 Å². The lowest BCUT2D eigenvalue weighted by Crippen LogP contribution is -2.17. The normalized spacial score (nSPS) is 13.7. The minimum atomic E-state index is -0.742. The molecule has 0 radical (unpaired) electrons. The molecule has 2 atom stereocenters. The number of hydrogen-bond acceptors (Lipinski definition) is 4. The smallest absolute Gasteiger partial charge is 0.113 e. The van der Waals surface area contributed by atoms with Crippen LogP contribution in [0.1, 0.15) is 17.7 Å². The van der Waals surface area contributed by atoms with Crippen LogP contribution in [-0.4, -0.2) is 34.2 Å². The van der Waals surface area contributed by atoms with Crippen LogP contribution in [0.4, 0.5) is 5.69 Å². The highest BCUT2D eigenvalue weighted by Gasteiger charge is 2.22. The van der Waals surface area contributed by atoms with Gasteiger partial charge in [-0.05, 0) is 29.8 Å². The van der Waals surface area contributed by atoms with Crippen molar-refractivity contribution in [2.45, 2.75) is 12.1 Å². The van der Waals surface area contributed by atoms with Crippen LogP contribution in [0.15, 0.2) is 61.2 Å². The third-order valence-corrected chi connectivity index (χ3v) is 3.98. The van der Waals surface area contributed by atoms with Gasteiger partial charge in [0.15, 0.2) is 0 Å². The first-order chi connectivity index (χ1) is 11.1. The maximum atomic E-state index is 10.8. The average Bonchev–Trinajstić information content (AvgIpc) is 3.00. The maximum absolute atomic E-state index is 10.8. The first-order valence-electron chi connectivity index (χ1n) is 7.49. The van der Waals surface area contributed by atoms with Gasteiger partial charge in [-0.25, -0.2) is 4.68 Å². The number of nitrogens with zero attached hydrogens (tertiary/aromatic N) is 4. The molecular formula is C18H20N4O. The van der Waals surface area contributed by atoms with Crippen LogP contribution in [-0.2, 0) is 0 Å². The second kappa shape index (κ2) is 6.22. The molecule has 2 unspecified atom stereocenters. The summed E-state index contributed by atoms with van der Waals surface area (Å²) in [6, 6.07) is 15.1. The van der Waals surface area contributed by atoms with Crippen LogP contribution in [0.25, 0.3) is 11.0 Å². The van der Waals surface area contributed by atoms with Crippen LogP contribution in [0.2, 0.25) is 0 Å². The SMILES string of the molecule is C=CC(C(O)c1ccc(N(C)C)cc1)n1nnc2ccccc21. The molecule has 118 valence electrons. The Kier molecular flexibility index (Phi) is 4.12. The lowest BCUT2D eigenvalue weighted by molar-refractivity contribution is 0.130. The van der Waals surface area contributed by atoms with Gasteiger partial charge in [-0.3, -0.25) is 0 Å². The van der Waals surface area contributed by atoms with E-state index in [9.17, 15) is 5.11 Å².